The molecule has 0 aliphatic carbocycles. The number of rotatable bonds is 11. The van der Waals surface area contributed by atoms with Crippen molar-refractivity contribution in [3.05, 3.63) is 40.3 Å². The highest BCUT2D eigenvalue weighted by molar-refractivity contribution is 5.76. The molecule has 0 aliphatic rings. The van der Waals surface area contributed by atoms with E-state index in [1.165, 1.54) is 0 Å². The number of carbonyl (C=O) groups excluding carboxylic acids is 1. The number of hydrogen-bond donors (Lipinski definition) is 2. The number of aromatic amines is 1. The first-order chi connectivity index (χ1) is 13.5. The Morgan fingerprint density at radius 3 is 2.57 bits per heavy atom. The first-order valence-electron chi connectivity index (χ1n) is 9.59. The lowest BCUT2D eigenvalue weighted by molar-refractivity contribution is -0.121. The summed E-state index contributed by atoms with van der Waals surface area (Å²) in [6, 6.07) is 7.32. The minimum atomic E-state index is -0.335. The molecule has 2 N–H and O–H groups in total. The van der Waals surface area contributed by atoms with E-state index in [4.69, 9.17) is 9.47 Å². The highest BCUT2D eigenvalue weighted by atomic mass is 16.5. The number of amides is 1. The molecule has 8 heteroatoms. The van der Waals surface area contributed by atoms with Gasteiger partial charge in [-0.25, -0.2) is 0 Å². The Morgan fingerprint density at radius 1 is 1.18 bits per heavy atom. The van der Waals surface area contributed by atoms with Crippen molar-refractivity contribution in [3.8, 4) is 17.1 Å². The van der Waals surface area contributed by atoms with Gasteiger partial charge in [-0.1, -0.05) is 6.92 Å². The quantitative estimate of drug-likeness (QED) is 0.571. The standard InChI is InChI=1S/C20H28N4O4/c1-4-14(3)21-18(25)11-10-17-20(26)22-19(24-23-17)15-6-8-16(9-7-15)28-13-12-27-5-2/h6-9,14H,4-5,10-13H2,1-3H3,(H,21,25)(H,22,24,26)/t14-/m0/s1. The SMILES string of the molecule is CCOCCOc1ccc(-c2nnc(CCC(=O)N[C@@H](C)CC)c(=O)[nH]2)cc1. The van der Waals surface area contributed by atoms with Crippen LogP contribution in [0.15, 0.2) is 29.1 Å². The zero-order valence-corrected chi connectivity index (χ0v) is 16.7. The van der Waals surface area contributed by atoms with Crippen LogP contribution in [0.1, 0.15) is 39.3 Å². The molecule has 0 unspecified atom stereocenters. The Hall–Kier alpha value is -2.74. The Morgan fingerprint density at radius 2 is 1.93 bits per heavy atom. The van der Waals surface area contributed by atoms with E-state index in [1.807, 2.05) is 20.8 Å². The number of ether oxygens (including phenoxy) is 2. The molecule has 1 atom stereocenters. The molecule has 0 fully saturated rings. The van der Waals surface area contributed by atoms with E-state index in [-0.39, 0.29) is 36.0 Å². The van der Waals surface area contributed by atoms with Crippen LogP contribution in [-0.2, 0) is 16.0 Å². The van der Waals surface area contributed by atoms with Crippen molar-refractivity contribution in [1.29, 1.82) is 0 Å². The number of aromatic nitrogens is 3. The summed E-state index contributed by atoms with van der Waals surface area (Å²) in [6.07, 6.45) is 1.31. The molecule has 0 spiro atoms. The number of carbonyl (C=O) groups is 1. The van der Waals surface area contributed by atoms with E-state index >= 15 is 0 Å². The molecule has 28 heavy (non-hydrogen) atoms. The third kappa shape index (κ3) is 6.77. The maximum atomic E-state index is 12.2. The van der Waals surface area contributed by atoms with Crippen LogP contribution in [0.5, 0.6) is 5.75 Å². The van der Waals surface area contributed by atoms with Crippen molar-refractivity contribution in [2.45, 2.75) is 46.1 Å². The molecule has 1 heterocycles. The highest BCUT2D eigenvalue weighted by Gasteiger charge is 2.11. The molecular weight excluding hydrogens is 360 g/mol. The van der Waals surface area contributed by atoms with Crippen molar-refractivity contribution in [3.63, 3.8) is 0 Å². The lowest BCUT2D eigenvalue weighted by Crippen LogP contribution is -2.32. The molecule has 1 amide bonds. The summed E-state index contributed by atoms with van der Waals surface area (Å²) in [7, 11) is 0. The van der Waals surface area contributed by atoms with Gasteiger partial charge in [0.2, 0.25) is 5.91 Å². The fraction of sp³-hybridized carbons (Fsp3) is 0.500. The van der Waals surface area contributed by atoms with E-state index in [0.29, 0.717) is 31.4 Å². The second-order valence-electron chi connectivity index (χ2n) is 6.40. The van der Waals surface area contributed by atoms with Gasteiger partial charge < -0.3 is 19.8 Å². The van der Waals surface area contributed by atoms with Crippen molar-refractivity contribution >= 4 is 5.91 Å². The van der Waals surface area contributed by atoms with E-state index in [1.54, 1.807) is 24.3 Å². The topological polar surface area (TPSA) is 106 Å². The smallest absolute Gasteiger partial charge is 0.273 e. The summed E-state index contributed by atoms with van der Waals surface area (Å²) in [5.74, 6) is 0.987. The van der Waals surface area contributed by atoms with Crippen LogP contribution < -0.4 is 15.6 Å². The average molecular weight is 388 g/mol. The molecule has 2 aromatic rings. The Kier molecular flexibility index (Phi) is 8.61. The molecule has 0 radical (unpaired) electrons. The van der Waals surface area contributed by atoms with Crippen molar-refractivity contribution in [1.82, 2.24) is 20.5 Å². The first-order valence-corrected chi connectivity index (χ1v) is 9.59. The predicted octanol–water partition coefficient (Wildman–Crippen LogP) is 2.09. The molecule has 0 bridgehead atoms. The molecule has 0 saturated heterocycles. The van der Waals surface area contributed by atoms with Gasteiger partial charge in [0.15, 0.2) is 5.82 Å². The van der Waals surface area contributed by atoms with Crippen LogP contribution in [0, 0.1) is 0 Å². The Labute approximate surface area is 164 Å². The van der Waals surface area contributed by atoms with Crippen molar-refractivity contribution in [2.24, 2.45) is 0 Å². The molecular formula is C20H28N4O4. The lowest BCUT2D eigenvalue weighted by atomic mass is 10.2. The normalized spacial score (nSPS) is 11.8. The fourth-order valence-corrected chi connectivity index (χ4v) is 2.41. The monoisotopic (exact) mass is 388 g/mol. The van der Waals surface area contributed by atoms with E-state index in [0.717, 1.165) is 12.0 Å². The van der Waals surface area contributed by atoms with E-state index in [9.17, 15) is 9.59 Å². The Bertz CT molecular complexity index is 805. The summed E-state index contributed by atoms with van der Waals surface area (Å²) in [4.78, 5) is 26.8. The maximum Gasteiger partial charge on any atom is 0.273 e. The predicted molar refractivity (Wildman–Crippen MR) is 106 cm³/mol. The average Bonchev–Trinajstić information content (AvgIpc) is 2.70. The summed E-state index contributed by atoms with van der Waals surface area (Å²) in [6.45, 7) is 7.54. The number of benzene rings is 1. The van der Waals surface area contributed by atoms with Gasteiger partial charge in [-0.15, -0.1) is 10.2 Å². The number of aryl methyl sites for hydroxylation is 1. The number of nitrogens with one attached hydrogen (secondary N) is 2. The molecule has 2 rings (SSSR count). The molecule has 8 nitrogen and oxygen atoms in total. The van der Waals surface area contributed by atoms with Crippen LogP contribution >= 0.6 is 0 Å². The first kappa shape index (κ1) is 21.6. The van der Waals surface area contributed by atoms with Crippen molar-refractivity contribution < 1.29 is 14.3 Å². The van der Waals surface area contributed by atoms with Crippen LogP contribution in [0.3, 0.4) is 0 Å². The summed E-state index contributed by atoms with van der Waals surface area (Å²) >= 11 is 0. The van der Waals surface area contributed by atoms with Crippen LogP contribution in [0.2, 0.25) is 0 Å². The third-order valence-corrected chi connectivity index (χ3v) is 4.20. The molecule has 152 valence electrons. The van der Waals surface area contributed by atoms with Gasteiger partial charge in [-0.05, 0) is 44.5 Å². The van der Waals surface area contributed by atoms with Gasteiger partial charge in [-0.2, -0.15) is 0 Å². The van der Waals surface area contributed by atoms with Gasteiger partial charge in [0.25, 0.3) is 5.56 Å². The van der Waals surface area contributed by atoms with Crippen molar-refractivity contribution in [2.75, 3.05) is 19.8 Å². The minimum Gasteiger partial charge on any atom is -0.491 e. The second-order valence-corrected chi connectivity index (χ2v) is 6.40. The van der Waals surface area contributed by atoms with Gasteiger partial charge in [0.05, 0.1) is 6.61 Å². The summed E-state index contributed by atoms with van der Waals surface area (Å²) in [5, 5.41) is 10.9. The number of nitrogens with zero attached hydrogens (tertiary/aromatic N) is 2. The fourth-order valence-electron chi connectivity index (χ4n) is 2.41. The van der Waals surface area contributed by atoms with Crippen LogP contribution in [-0.4, -0.2) is 47.0 Å². The number of H-pyrrole nitrogens is 1. The van der Waals surface area contributed by atoms with Gasteiger partial charge >= 0.3 is 0 Å². The largest absolute Gasteiger partial charge is 0.491 e. The Balaban J connectivity index is 1.94. The molecule has 1 aromatic carbocycles. The van der Waals surface area contributed by atoms with Crippen LogP contribution in [0.4, 0.5) is 0 Å². The van der Waals surface area contributed by atoms with Gasteiger partial charge in [0, 0.05) is 31.1 Å². The third-order valence-electron chi connectivity index (χ3n) is 4.20. The molecule has 0 saturated carbocycles. The summed E-state index contributed by atoms with van der Waals surface area (Å²) < 4.78 is 10.8. The van der Waals surface area contributed by atoms with Crippen LogP contribution in [0.25, 0.3) is 11.4 Å². The molecule has 1 aromatic heterocycles. The number of hydrogen-bond acceptors (Lipinski definition) is 6. The minimum absolute atomic E-state index is 0.0976. The summed E-state index contributed by atoms with van der Waals surface area (Å²) in [5.41, 5.74) is 0.639. The zero-order chi connectivity index (χ0) is 20.4. The van der Waals surface area contributed by atoms with Gasteiger partial charge in [-0.3, -0.25) is 9.59 Å². The van der Waals surface area contributed by atoms with Gasteiger partial charge in [0.1, 0.15) is 18.1 Å². The maximum absolute atomic E-state index is 12.2. The second kappa shape index (κ2) is 11.2. The molecule has 0 aliphatic heterocycles. The zero-order valence-electron chi connectivity index (χ0n) is 16.7. The van der Waals surface area contributed by atoms with E-state index in [2.05, 4.69) is 20.5 Å². The lowest BCUT2D eigenvalue weighted by Gasteiger charge is -2.10. The van der Waals surface area contributed by atoms with E-state index < -0.39 is 0 Å². The highest BCUT2D eigenvalue weighted by Crippen LogP contribution is 2.18.